The van der Waals surface area contributed by atoms with Gasteiger partial charge in [-0.1, -0.05) is 31.5 Å². The molecule has 0 bridgehead atoms. The highest BCUT2D eigenvalue weighted by molar-refractivity contribution is 5.97. The van der Waals surface area contributed by atoms with E-state index in [9.17, 15) is 4.79 Å². The second kappa shape index (κ2) is 4.05. The number of carbonyl (C=O) groups is 1. The monoisotopic (exact) mass is 255 g/mol. The van der Waals surface area contributed by atoms with Gasteiger partial charge in [0.25, 0.3) is 0 Å². The van der Waals surface area contributed by atoms with E-state index in [1.54, 1.807) is 0 Å². The number of fused-ring (bicyclic) bond motifs is 1. The number of oxazole rings is 1. The van der Waals surface area contributed by atoms with Gasteiger partial charge >= 0.3 is 0 Å². The molecule has 0 radical (unpaired) electrons. The molecule has 0 spiro atoms. The van der Waals surface area contributed by atoms with Crippen LogP contribution >= 0.6 is 0 Å². The van der Waals surface area contributed by atoms with Crippen LogP contribution in [0.3, 0.4) is 0 Å². The molecule has 0 aliphatic heterocycles. The van der Waals surface area contributed by atoms with Crippen LogP contribution in [0.5, 0.6) is 0 Å². The van der Waals surface area contributed by atoms with Crippen molar-refractivity contribution in [1.82, 2.24) is 4.98 Å². The zero-order valence-corrected chi connectivity index (χ0v) is 11.5. The Kier molecular flexibility index (Phi) is 2.59. The highest BCUT2D eigenvalue weighted by Crippen LogP contribution is 2.36. The highest BCUT2D eigenvalue weighted by atomic mass is 16.4. The van der Waals surface area contributed by atoms with E-state index in [4.69, 9.17) is 4.42 Å². The lowest BCUT2D eigenvalue weighted by atomic mass is 9.78. The third-order valence-corrected chi connectivity index (χ3v) is 3.54. The number of ketones is 1. The average Bonchev–Trinajstić information content (AvgIpc) is 2.72. The summed E-state index contributed by atoms with van der Waals surface area (Å²) in [6.45, 7) is 6.21. The number of hydrogen-bond donors (Lipinski definition) is 0. The van der Waals surface area contributed by atoms with Gasteiger partial charge in [-0.25, -0.2) is 4.98 Å². The summed E-state index contributed by atoms with van der Waals surface area (Å²) in [6.07, 6.45) is 1.31. The first kappa shape index (κ1) is 12.2. The number of hydrogen-bond acceptors (Lipinski definition) is 3. The maximum Gasteiger partial charge on any atom is 0.226 e. The molecule has 1 aliphatic carbocycles. The maximum absolute atomic E-state index is 12.1. The van der Waals surface area contributed by atoms with Crippen LogP contribution in [0.1, 0.15) is 42.1 Å². The summed E-state index contributed by atoms with van der Waals surface area (Å²) in [5.41, 5.74) is 2.60. The Hall–Kier alpha value is -1.90. The van der Waals surface area contributed by atoms with Crippen molar-refractivity contribution < 1.29 is 9.21 Å². The average molecular weight is 255 g/mol. The van der Waals surface area contributed by atoms with Crippen molar-refractivity contribution in [1.29, 1.82) is 0 Å². The summed E-state index contributed by atoms with van der Waals surface area (Å²) in [6, 6.07) is 7.99. The fourth-order valence-corrected chi connectivity index (χ4v) is 2.52. The smallest absolute Gasteiger partial charge is 0.226 e. The Balaban J connectivity index is 2.03. The number of aryl methyl sites for hydroxylation is 1. The van der Waals surface area contributed by atoms with Crippen LogP contribution in [-0.2, 0) is 6.42 Å². The lowest BCUT2D eigenvalue weighted by Gasteiger charge is -2.25. The molecule has 3 nitrogen and oxygen atoms in total. The standard InChI is InChI=1S/C16H17NO2/c1-10-4-6-11(7-5-10)15-17-14-12(18)8-16(2,3)9-13(14)19-15/h4-7H,8-9H2,1-3H3. The topological polar surface area (TPSA) is 43.1 Å². The van der Waals surface area contributed by atoms with E-state index in [0.29, 0.717) is 18.0 Å². The molecule has 3 rings (SSSR count). The molecule has 98 valence electrons. The fourth-order valence-electron chi connectivity index (χ4n) is 2.52. The van der Waals surface area contributed by atoms with E-state index in [2.05, 4.69) is 18.8 Å². The molecule has 19 heavy (non-hydrogen) atoms. The fraction of sp³-hybridized carbons (Fsp3) is 0.375. The molecular weight excluding hydrogens is 238 g/mol. The summed E-state index contributed by atoms with van der Waals surface area (Å²) in [5, 5.41) is 0. The van der Waals surface area contributed by atoms with E-state index in [1.165, 1.54) is 5.56 Å². The van der Waals surface area contributed by atoms with Crippen LogP contribution in [0.2, 0.25) is 0 Å². The number of rotatable bonds is 1. The third-order valence-electron chi connectivity index (χ3n) is 3.54. The molecular formula is C16H17NO2. The number of benzene rings is 1. The number of nitrogens with zero attached hydrogens (tertiary/aromatic N) is 1. The van der Waals surface area contributed by atoms with E-state index in [1.807, 2.05) is 31.2 Å². The SMILES string of the molecule is Cc1ccc(-c2nc3c(o2)CC(C)(C)CC3=O)cc1. The van der Waals surface area contributed by atoms with Gasteiger partial charge in [0.05, 0.1) is 0 Å². The maximum atomic E-state index is 12.1. The van der Waals surface area contributed by atoms with E-state index in [0.717, 1.165) is 17.7 Å². The Morgan fingerprint density at radius 1 is 1.16 bits per heavy atom. The van der Waals surface area contributed by atoms with Gasteiger partial charge in [0.1, 0.15) is 11.5 Å². The molecule has 0 saturated heterocycles. The molecule has 2 aromatic rings. The normalized spacial score (nSPS) is 17.3. The third kappa shape index (κ3) is 2.21. The Labute approximate surface area is 112 Å². The van der Waals surface area contributed by atoms with E-state index in [-0.39, 0.29) is 11.2 Å². The molecule has 0 fully saturated rings. The Morgan fingerprint density at radius 3 is 2.53 bits per heavy atom. The summed E-state index contributed by atoms with van der Waals surface area (Å²) in [4.78, 5) is 16.5. The van der Waals surface area contributed by atoms with Crippen LogP contribution in [0.25, 0.3) is 11.5 Å². The largest absolute Gasteiger partial charge is 0.440 e. The Bertz CT molecular complexity index is 635. The summed E-state index contributed by atoms with van der Waals surface area (Å²) < 4.78 is 5.81. The predicted octanol–water partition coefficient (Wildman–Crippen LogP) is 3.81. The van der Waals surface area contributed by atoms with Crippen LogP contribution in [0, 0.1) is 12.3 Å². The first-order valence-corrected chi connectivity index (χ1v) is 6.55. The molecule has 0 N–H and O–H groups in total. The number of aromatic nitrogens is 1. The molecule has 0 amide bonds. The molecule has 0 atom stereocenters. The van der Waals surface area contributed by atoms with Gasteiger partial charge < -0.3 is 4.42 Å². The van der Waals surface area contributed by atoms with Gasteiger partial charge in [-0.15, -0.1) is 0 Å². The molecule has 0 unspecified atom stereocenters. The molecule has 1 heterocycles. The first-order chi connectivity index (χ1) is 8.94. The van der Waals surface area contributed by atoms with Crippen LogP contribution in [0.4, 0.5) is 0 Å². The first-order valence-electron chi connectivity index (χ1n) is 6.55. The van der Waals surface area contributed by atoms with Crippen molar-refractivity contribution in [2.24, 2.45) is 5.41 Å². The van der Waals surface area contributed by atoms with Gasteiger partial charge in [-0.2, -0.15) is 0 Å². The van der Waals surface area contributed by atoms with Crippen molar-refractivity contribution in [3.8, 4) is 11.5 Å². The van der Waals surface area contributed by atoms with Crippen LogP contribution < -0.4 is 0 Å². The number of Topliss-reactive ketones (excluding diaryl/α,β-unsaturated/α-hetero) is 1. The molecule has 1 aromatic heterocycles. The zero-order chi connectivity index (χ0) is 13.6. The van der Waals surface area contributed by atoms with E-state index < -0.39 is 0 Å². The Morgan fingerprint density at radius 2 is 1.84 bits per heavy atom. The van der Waals surface area contributed by atoms with Crippen molar-refractivity contribution in [3.63, 3.8) is 0 Å². The number of carbonyl (C=O) groups excluding carboxylic acids is 1. The predicted molar refractivity (Wildman–Crippen MR) is 73.1 cm³/mol. The van der Waals surface area contributed by atoms with E-state index >= 15 is 0 Å². The summed E-state index contributed by atoms with van der Waals surface area (Å²) >= 11 is 0. The highest BCUT2D eigenvalue weighted by Gasteiger charge is 2.35. The van der Waals surface area contributed by atoms with Crippen molar-refractivity contribution in [2.45, 2.75) is 33.6 Å². The van der Waals surface area contributed by atoms with Gasteiger partial charge in [-0.3, -0.25) is 4.79 Å². The van der Waals surface area contributed by atoms with Crippen molar-refractivity contribution in [2.75, 3.05) is 0 Å². The lowest BCUT2D eigenvalue weighted by Crippen LogP contribution is -2.26. The zero-order valence-electron chi connectivity index (χ0n) is 11.5. The minimum Gasteiger partial charge on any atom is -0.440 e. The second-order valence-electron chi connectivity index (χ2n) is 6.10. The van der Waals surface area contributed by atoms with Gasteiger partial charge in [-0.05, 0) is 24.5 Å². The van der Waals surface area contributed by atoms with Crippen LogP contribution in [0.15, 0.2) is 28.7 Å². The minimum absolute atomic E-state index is 0.0336. The molecule has 1 aromatic carbocycles. The molecule has 1 aliphatic rings. The second-order valence-corrected chi connectivity index (χ2v) is 6.10. The van der Waals surface area contributed by atoms with Gasteiger partial charge in [0.15, 0.2) is 5.78 Å². The van der Waals surface area contributed by atoms with Crippen LogP contribution in [-0.4, -0.2) is 10.8 Å². The lowest BCUT2D eigenvalue weighted by molar-refractivity contribution is 0.0899. The summed E-state index contributed by atoms with van der Waals surface area (Å²) in [5.74, 6) is 1.38. The van der Waals surface area contributed by atoms with Crippen molar-refractivity contribution >= 4 is 5.78 Å². The summed E-state index contributed by atoms with van der Waals surface area (Å²) in [7, 11) is 0. The minimum atomic E-state index is -0.0336. The van der Waals surface area contributed by atoms with Gasteiger partial charge in [0, 0.05) is 18.4 Å². The molecule has 0 saturated carbocycles. The quantitative estimate of drug-likeness (QED) is 0.778. The van der Waals surface area contributed by atoms with Crippen molar-refractivity contribution in [3.05, 3.63) is 41.3 Å². The van der Waals surface area contributed by atoms with Gasteiger partial charge in [0.2, 0.25) is 5.89 Å². The molecule has 3 heteroatoms.